The van der Waals surface area contributed by atoms with Gasteiger partial charge in [0.2, 0.25) is 0 Å². The Morgan fingerprint density at radius 2 is 2.00 bits per heavy atom. The third kappa shape index (κ3) is 3.92. The van der Waals surface area contributed by atoms with Crippen LogP contribution in [0.1, 0.15) is 25.7 Å². The van der Waals surface area contributed by atoms with Crippen LogP contribution in [0.5, 0.6) is 0 Å². The molecule has 1 saturated carbocycles. The quantitative estimate of drug-likeness (QED) is 0.651. The fourth-order valence-electron chi connectivity index (χ4n) is 1.86. The summed E-state index contributed by atoms with van der Waals surface area (Å²) >= 11 is 0. The van der Waals surface area contributed by atoms with E-state index in [1.165, 1.54) is 12.8 Å². The van der Waals surface area contributed by atoms with Crippen LogP contribution in [0.2, 0.25) is 0 Å². The van der Waals surface area contributed by atoms with E-state index >= 15 is 0 Å². The van der Waals surface area contributed by atoms with Crippen LogP contribution < -0.4 is 5.73 Å². The second-order valence-electron chi connectivity index (χ2n) is 4.19. The average Bonchev–Trinajstić information content (AvgIpc) is 2.53. The highest BCUT2D eigenvalue weighted by Gasteiger charge is 2.29. The van der Waals surface area contributed by atoms with E-state index in [2.05, 4.69) is 0 Å². The minimum absolute atomic E-state index is 0.146. The smallest absolute Gasteiger partial charge is 0.101 e. The summed E-state index contributed by atoms with van der Waals surface area (Å²) in [4.78, 5) is 0. The first kappa shape index (κ1) is 11.9. The minimum Gasteiger partial charge on any atom is -0.388 e. The molecule has 0 amide bonds. The van der Waals surface area contributed by atoms with Gasteiger partial charge in [-0.3, -0.25) is 0 Å². The molecule has 1 atom stereocenters. The third-order valence-corrected chi connectivity index (χ3v) is 2.66. The first-order valence-electron chi connectivity index (χ1n) is 5.20. The third-order valence-electron chi connectivity index (χ3n) is 2.66. The monoisotopic (exact) mass is 203 g/mol. The van der Waals surface area contributed by atoms with Crippen molar-refractivity contribution < 1.29 is 14.6 Å². The van der Waals surface area contributed by atoms with E-state index in [1.54, 1.807) is 7.11 Å². The van der Waals surface area contributed by atoms with Gasteiger partial charge in [-0.15, -0.1) is 0 Å². The van der Waals surface area contributed by atoms with Crippen LogP contribution in [-0.4, -0.2) is 43.7 Å². The van der Waals surface area contributed by atoms with E-state index in [-0.39, 0.29) is 5.54 Å². The molecule has 14 heavy (non-hydrogen) atoms. The average molecular weight is 203 g/mol. The predicted molar refractivity (Wildman–Crippen MR) is 54.1 cm³/mol. The maximum absolute atomic E-state index is 9.32. The molecule has 0 radical (unpaired) electrons. The standard InChI is InChI=1S/C10H21NO3/c1-13-6-9(12)7-14-8-10(11)4-2-3-5-10/h9,12H,2-8,11H2,1H3. The molecule has 0 bridgehead atoms. The number of ether oxygens (including phenoxy) is 2. The lowest BCUT2D eigenvalue weighted by atomic mass is 10.0. The molecule has 0 spiro atoms. The SMILES string of the molecule is COCC(O)COCC1(N)CCCC1. The summed E-state index contributed by atoms with van der Waals surface area (Å²) in [5.74, 6) is 0. The van der Waals surface area contributed by atoms with Crippen molar-refractivity contribution in [3.05, 3.63) is 0 Å². The van der Waals surface area contributed by atoms with Gasteiger partial charge < -0.3 is 20.3 Å². The highest BCUT2D eigenvalue weighted by atomic mass is 16.5. The normalized spacial score (nSPS) is 22.5. The molecule has 0 aromatic carbocycles. The Labute approximate surface area is 85.4 Å². The second-order valence-corrected chi connectivity index (χ2v) is 4.19. The fourth-order valence-corrected chi connectivity index (χ4v) is 1.86. The number of aliphatic hydroxyl groups is 1. The van der Waals surface area contributed by atoms with Gasteiger partial charge >= 0.3 is 0 Å². The molecular weight excluding hydrogens is 182 g/mol. The maximum atomic E-state index is 9.32. The van der Waals surface area contributed by atoms with Gasteiger partial charge in [-0.05, 0) is 12.8 Å². The van der Waals surface area contributed by atoms with Crippen molar-refractivity contribution in [2.24, 2.45) is 5.73 Å². The van der Waals surface area contributed by atoms with E-state index in [4.69, 9.17) is 15.2 Å². The Balaban J connectivity index is 2.08. The molecule has 4 nitrogen and oxygen atoms in total. The van der Waals surface area contributed by atoms with Gasteiger partial charge in [0.05, 0.1) is 19.8 Å². The summed E-state index contributed by atoms with van der Waals surface area (Å²) in [7, 11) is 1.56. The van der Waals surface area contributed by atoms with Crippen molar-refractivity contribution in [1.82, 2.24) is 0 Å². The highest BCUT2D eigenvalue weighted by molar-refractivity contribution is 4.88. The van der Waals surface area contributed by atoms with E-state index in [0.29, 0.717) is 19.8 Å². The molecule has 1 aliphatic rings. The van der Waals surface area contributed by atoms with Crippen LogP contribution in [0.25, 0.3) is 0 Å². The molecule has 0 aliphatic heterocycles. The summed E-state index contributed by atoms with van der Waals surface area (Å²) in [5, 5.41) is 9.32. The number of rotatable bonds is 6. The van der Waals surface area contributed by atoms with Crippen LogP contribution in [0.3, 0.4) is 0 Å². The van der Waals surface area contributed by atoms with Crippen LogP contribution >= 0.6 is 0 Å². The molecule has 1 fully saturated rings. The molecule has 0 saturated heterocycles. The Hall–Kier alpha value is -0.160. The molecule has 4 heteroatoms. The molecule has 84 valence electrons. The summed E-state index contributed by atoms with van der Waals surface area (Å²) in [6.45, 7) is 1.18. The molecule has 1 aliphatic carbocycles. The van der Waals surface area contributed by atoms with Gasteiger partial charge in [0, 0.05) is 12.6 Å². The van der Waals surface area contributed by atoms with Crippen molar-refractivity contribution in [3.63, 3.8) is 0 Å². The Morgan fingerprint density at radius 3 is 2.57 bits per heavy atom. The zero-order chi connectivity index (χ0) is 10.4. The lowest BCUT2D eigenvalue weighted by molar-refractivity contribution is -0.0182. The van der Waals surface area contributed by atoms with Crippen LogP contribution in [-0.2, 0) is 9.47 Å². The minimum atomic E-state index is -0.537. The number of hydrogen-bond acceptors (Lipinski definition) is 4. The lowest BCUT2D eigenvalue weighted by Crippen LogP contribution is -2.42. The van der Waals surface area contributed by atoms with Crippen LogP contribution in [0.15, 0.2) is 0 Å². The van der Waals surface area contributed by atoms with Crippen LogP contribution in [0.4, 0.5) is 0 Å². The predicted octanol–water partition coefficient (Wildman–Crippen LogP) is 0.282. The van der Waals surface area contributed by atoms with Crippen LogP contribution in [0, 0.1) is 0 Å². The maximum Gasteiger partial charge on any atom is 0.101 e. The number of nitrogens with two attached hydrogens (primary N) is 1. The fraction of sp³-hybridized carbons (Fsp3) is 1.00. The summed E-state index contributed by atoms with van der Waals surface area (Å²) < 4.78 is 10.2. The molecule has 0 heterocycles. The van der Waals surface area contributed by atoms with Gasteiger partial charge in [0.25, 0.3) is 0 Å². The lowest BCUT2D eigenvalue weighted by Gasteiger charge is -2.23. The van der Waals surface area contributed by atoms with Crippen molar-refractivity contribution in [2.45, 2.75) is 37.3 Å². The molecule has 1 rings (SSSR count). The summed E-state index contributed by atoms with van der Waals surface area (Å²) in [6, 6.07) is 0. The van der Waals surface area contributed by atoms with Gasteiger partial charge in [-0.25, -0.2) is 0 Å². The number of aliphatic hydroxyl groups excluding tert-OH is 1. The van der Waals surface area contributed by atoms with E-state index in [1.807, 2.05) is 0 Å². The Morgan fingerprint density at radius 1 is 1.36 bits per heavy atom. The largest absolute Gasteiger partial charge is 0.388 e. The second kappa shape index (κ2) is 5.66. The zero-order valence-electron chi connectivity index (χ0n) is 8.87. The van der Waals surface area contributed by atoms with E-state index < -0.39 is 6.10 Å². The van der Waals surface area contributed by atoms with Crippen molar-refractivity contribution >= 4 is 0 Å². The highest BCUT2D eigenvalue weighted by Crippen LogP contribution is 2.27. The Bertz CT molecular complexity index is 157. The number of methoxy groups -OCH3 is 1. The zero-order valence-corrected chi connectivity index (χ0v) is 8.87. The Kier molecular flexibility index (Phi) is 4.81. The summed E-state index contributed by atoms with van der Waals surface area (Å²) in [5.41, 5.74) is 5.94. The van der Waals surface area contributed by atoms with Gasteiger partial charge in [0.1, 0.15) is 6.10 Å². The molecule has 1 unspecified atom stereocenters. The van der Waals surface area contributed by atoms with E-state index in [0.717, 1.165) is 12.8 Å². The number of hydrogen-bond donors (Lipinski definition) is 2. The van der Waals surface area contributed by atoms with Crippen molar-refractivity contribution in [2.75, 3.05) is 26.9 Å². The van der Waals surface area contributed by atoms with Gasteiger partial charge in [0.15, 0.2) is 0 Å². The molecule has 0 aromatic rings. The molecular formula is C10H21NO3. The topological polar surface area (TPSA) is 64.7 Å². The summed E-state index contributed by atoms with van der Waals surface area (Å²) in [6.07, 6.45) is 3.92. The first-order valence-corrected chi connectivity index (χ1v) is 5.20. The molecule has 3 N–H and O–H groups in total. The van der Waals surface area contributed by atoms with Crippen molar-refractivity contribution in [1.29, 1.82) is 0 Å². The van der Waals surface area contributed by atoms with Gasteiger partial charge in [-0.2, -0.15) is 0 Å². The van der Waals surface area contributed by atoms with Gasteiger partial charge in [-0.1, -0.05) is 12.8 Å². The first-order chi connectivity index (χ1) is 6.66. The molecule has 0 aromatic heterocycles. The van der Waals surface area contributed by atoms with E-state index in [9.17, 15) is 5.11 Å². The van der Waals surface area contributed by atoms with Crippen molar-refractivity contribution in [3.8, 4) is 0 Å².